The lowest BCUT2D eigenvalue weighted by Gasteiger charge is -2.01. The molecule has 1 N–H and O–H groups in total. The SMILES string of the molecule is COc1cc(C=O)c2c(O)csc2c1. The highest BCUT2D eigenvalue weighted by atomic mass is 32.1. The number of aromatic hydroxyl groups is 1. The number of fused-ring (bicyclic) bond motifs is 1. The number of hydrogen-bond donors (Lipinski definition) is 1. The fourth-order valence-electron chi connectivity index (χ4n) is 1.37. The lowest BCUT2D eigenvalue weighted by molar-refractivity contribution is 0.112. The van der Waals surface area contributed by atoms with Crippen LogP contribution in [0.15, 0.2) is 17.5 Å². The first-order valence-corrected chi connectivity index (χ1v) is 4.87. The lowest BCUT2D eigenvalue weighted by atomic mass is 10.1. The van der Waals surface area contributed by atoms with Gasteiger partial charge in [0.2, 0.25) is 0 Å². The third kappa shape index (κ3) is 1.24. The summed E-state index contributed by atoms with van der Waals surface area (Å²) in [6.07, 6.45) is 0.720. The molecule has 0 aliphatic rings. The molecule has 0 saturated carbocycles. The minimum Gasteiger partial charge on any atom is -0.506 e. The van der Waals surface area contributed by atoms with Gasteiger partial charge >= 0.3 is 0 Å². The molecule has 0 aliphatic carbocycles. The summed E-state index contributed by atoms with van der Waals surface area (Å²) in [5, 5.41) is 11.7. The molecular weight excluding hydrogens is 200 g/mol. The summed E-state index contributed by atoms with van der Waals surface area (Å²) in [6, 6.07) is 3.41. The first-order chi connectivity index (χ1) is 6.76. The number of aldehydes is 1. The maximum atomic E-state index is 10.8. The molecule has 1 aromatic carbocycles. The Morgan fingerprint density at radius 2 is 2.29 bits per heavy atom. The Hall–Kier alpha value is -1.55. The van der Waals surface area contributed by atoms with E-state index in [4.69, 9.17) is 4.74 Å². The van der Waals surface area contributed by atoms with E-state index in [0.717, 1.165) is 11.0 Å². The molecule has 2 rings (SSSR count). The molecule has 0 amide bonds. The van der Waals surface area contributed by atoms with E-state index in [0.29, 0.717) is 16.7 Å². The first kappa shape index (κ1) is 9.02. The third-order valence-electron chi connectivity index (χ3n) is 2.02. The summed E-state index contributed by atoms with van der Waals surface area (Å²) in [6.45, 7) is 0. The second-order valence-corrected chi connectivity index (χ2v) is 3.74. The van der Waals surface area contributed by atoms with E-state index >= 15 is 0 Å². The van der Waals surface area contributed by atoms with Gasteiger partial charge in [-0.3, -0.25) is 4.79 Å². The van der Waals surface area contributed by atoms with E-state index in [-0.39, 0.29) is 5.75 Å². The summed E-state index contributed by atoms with van der Waals surface area (Å²) >= 11 is 1.38. The number of carbonyl (C=O) groups is 1. The molecule has 1 aromatic heterocycles. The monoisotopic (exact) mass is 208 g/mol. The molecule has 4 heteroatoms. The number of ether oxygens (including phenoxy) is 1. The normalized spacial score (nSPS) is 10.4. The van der Waals surface area contributed by atoms with Gasteiger partial charge in [-0.25, -0.2) is 0 Å². The van der Waals surface area contributed by atoms with Gasteiger partial charge < -0.3 is 9.84 Å². The van der Waals surface area contributed by atoms with Crippen molar-refractivity contribution in [3.63, 3.8) is 0 Å². The van der Waals surface area contributed by atoms with Crippen molar-refractivity contribution in [1.29, 1.82) is 0 Å². The van der Waals surface area contributed by atoms with E-state index in [2.05, 4.69) is 0 Å². The van der Waals surface area contributed by atoms with Crippen LogP contribution in [0.3, 0.4) is 0 Å². The zero-order valence-electron chi connectivity index (χ0n) is 7.48. The predicted molar refractivity (Wildman–Crippen MR) is 55.4 cm³/mol. The van der Waals surface area contributed by atoms with Crippen LogP contribution in [0.1, 0.15) is 10.4 Å². The summed E-state index contributed by atoms with van der Waals surface area (Å²) in [7, 11) is 1.54. The first-order valence-electron chi connectivity index (χ1n) is 3.99. The van der Waals surface area contributed by atoms with E-state index < -0.39 is 0 Å². The second-order valence-electron chi connectivity index (χ2n) is 2.83. The third-order valence-corrected chi connectivity index (χ3v) is 2.94. The Kier molecular flexibility index (Phi) is 2.13. The molecule has 1 heterocycles. The Bertz CT molecular complexity index is 487. The van der Waals surface area contributed by atoms with Crippen molar-refractivity contribution >= 4 is 27.7 Å². The Morgan fingerprint density at radius 1 is 1.50 bits per heavy atom. The quantitative estimate of drug-likeness (QED) is 0.771. The number of carbonyl (C=O) groups excluding carboxylic acids is 1. The van der Waals surface area contributed by atoms with E-state index in [9.17, 15) is 9.90 Å². The molecule has 0 radical (unpaired) electrons. The van der Waals surface area contributed by atoms with E-state index in [1.165, 1.54) is 11.3 Å². The van der Waals surface area contributed by atoms with Crippen LogP contribution in [0, 0.1) is 0 Å². The number of benzene rings is 1. The van der Waals surface area contributed by atoms with Crippen LogP contribution in [0.2, 0.25) is 0 Å². The zero-order valence-corrected chi connectivity index (χ0v) is 8.30. The summed E-state index contributed by atoms with van der Waals surface area (Å²) in [5.74, 6) is 0.774. The van der Waals surface area contributed by atoms with Crippen LogP contribution < -0.4 is 4.74 Å². The van der Waals surface area contributed by atoms with Gasteiger partial charge in [-0.2, -0.15) is 0 Å². The van der Waals surface area contributed by atoms with Crippen molar-refractivity contribution in [3.8, 4) is 11.5 Å². The minimum atomic E-state index is 0.148. The second kappa shape index (κ2) is 3.31. The van der Waals surface area contributed by atoms with Crippen molar-refractivity contribution in [3.05, 3.63) is 23.1 Å². The van der Waals surface area contributed by atoms with Gasteiger partial charge in [0, 0.05) is 21.0 Å². The average Bonchev–Trinajstić information content (AvgIpc) is 2.59. The summed E-state index contributed by atoms with van der Waals surface area (Å²) in [5.41, 5.74) is 0.457. The topological polar surface area (TPSA) is 46.5 Å². The molecule has 0 spiro atoms. The molecule has 3 nitrogen and oxygen atoms in total. The van der Waals surface area contributed by atoms with Crippen LogP contribution in [0.5, 0.6) is 11.5 Å². The fourth-order valence-corrected chi connectivity index (χ4v) is 2.25. The average molecular weight is 208 g/mol. The smallest absolute Gasteiger partial charge is 0.150 e. The van der Waals surface area contributed by atoms with Crippen molar-refractivity contribution in [1.82, 2.24) is 0 Å². The summed E-state index contributed by atoms with van der Waals surface area (Å²) < 4.78 is 5.89. The van der Waals surface area contributed by atoms with Crippen LogP contribution in [-0.2, 0) is 0 Å². The van der Waals surface area contributed by atoms with Crippen molar-refractivity contribution in [2.45, 2.75) is 0 Å². The molecule has 0 unspecified atom stereocenters. The van der Waals surface area contributed by atoms with E-state index in [1.54, 1.807) is 24.6 Å². The Labute approximate surface area is 84.6 Å². The number of thiophene rings is 1. The van der Waals surface area contributed by atoms with Crippen molar-refractivity contribution in [2.24, 2.45) is 0 Å². The maximum absolute atomic E-state index is 10.8. The summed E-state index contributed by atoms with van der Waals surface area (Å²) in [4.78, 5) is 10.8. The Morgan fingerprint density at radius 3 is 2.93 bits per heavy atom. The molecule has 0 fully saturated rings. The molecule has 14 heavy (non-hydrogen) atoms. The van der Waals surface area contributed by atoms with Gasteiger partial charge in [0.1, 0.15) is 11.5 Å². The maximum Gasteiger partial charge on any atom is 0.150 e. The van der Waals surface area contributed by atoms with E-state index in [1.807, 2.05) is 0 Å². The molecule has 0 bridgehead atoms. The van der Waals surface area contributed by atoms with Crippen molar-refractivity contribution < 1.29 is 14.6 Å². The van der Waals surface area contributed by atoms with Crippen molar-refractivity contribution in [2.75, 3.05) is 7.11 Å². The van der Waals surface area contributed by atoms with Crippen LogP contribution >= 0.6 is 11.3 Å². The van der Waals surface area contributed by atoms with Crippen LogP contribution in [0.25, 0.3) is 10.1 Å². The highest BCUT2D eigenvalue weighted by Gasteiger charge is 2.09. The lowest BCUT2D eigenvalue weighted by Crippen LogP contribution is -1.86. The highest BCUT2D eigenvalue weighted by Crippen LogP contribution is 2.36. The number of hydrogen-bond acceptors (Lipinski definition) is 4. The van der Waals surface area contributed by atoms with Gasteiger partial charge in [0.05, 0.1) is 7.11 Å². The molecule has 0 atom stereocenters. The predicted octanol–water partition coefficient (Wildman–Crippen LogP) is 2.43. The van der Waals surface area contributed by atoms with Gasteiger partial charge in [0.15, 0.2) is 6.29 Å². The van der Waals surface area contributed by atoms with Gasteiger partial charge in [-0.1, -0.05) is 0 Å². The minimum absolute atomic E-state index is 0.148. The largest absolute Gasteiger partial charge is 0.506 e. The van der Waals surface area contributed by atoms with Gasteiger partial charge in [-0.05, 0) is 12.1 Å². The fraction of sp³-hybridized carbons (Fsp3) is 0.100. The zero-order chi connectivity index (χ0) is 10.1. The molecule has 0 aliphatic heterocycles. The van der Waals surface area contributed by atoms with Gasteiger partial charge in [0.25, 0.3) is 0 Å². The Balaban J connectivity index is 2.82. The standard InChI is InChI=1S/C10H8O3S/c1-13-7-2-6(4-11)10-8(12)5-14-9(10)3-7/h2-5,12H,1H3. The van der Waals surface area contributed by atoms with Gasteiger partial charge in [-0.15, -0.1) is 11.3 Å². The molecule has 72 valence electrons. The van der Waals surface area contributed by atoms with Crippen LogP contribution in [0.4, 0.5) is 0 Å². The van der Waals surface area contributed by atoms with Crippen LogP contribution in [-0.4, -0.2) is 18.5 Å². The highest BCUT2D eigenvalue weighted by molar-refractivity contribution is 7.17. The number of methoxy groups -OCH3 is 1. The number of rotatable bonds is 2. The molecular formula is C10H8O3S. The molecule has 0 saturated heterocycles. The molecule has 2 aromatic rings.